The average molecular weight is 221 g/mol. The quantitative estimate of drug-likeness (QED) is 0.776. The van der Waals surface area contributed by atoms with Crippen LogP contribution in [-0.4, -0.2) is 19.6 Å². The molecule has 0 aliphatic heterocycles. The number of aryl methyl sites for hydroxylation is 2. The highest BCUT2D eigenvalue weighted by Crippen LogP contribution is 2.22. The van der Waals surface area contributed by atoms with E-state index in [9.17, 15) is 4.79 Å². The van der Waals surface area contributed by atoms with E-state index in [0.29, 0.717) is 0 Å². The number of ether oxygens (including phenoxy) is 1. The molecule has 0 heterocycles. The zero-order chi connectivity index (χ0) is 12.0. The minimum absolute atomic E-state index is 0.223. The van der Waals surface area contributed by atoms with Crippen LogP contribution in [0.3, 0.4) is 0 Å². The molecule has 1 rings (SSSR count). The summed E-state index contributed by atoms with van der Waals surface area (Å²) in [5, 5.41) is 3.16. The maximum Gasteiger partial charge on any atom is 0.325 e. The van der Waals surface area contributed by atoms with Gasteiger partial charge in [-0.15, -0.1) is 0 Å². The molecule has 1 aromatic carbocycles. The second-order valence-corrected chi connectivity index (χ2v) is 3.59. The molecule has 0 saturated heterocycles. The summed E-state index contributed by atoms with van der Waals surface area (Å²) in [5.74, 6) is -0.243. The first-order valence-electron chi connectivity index (χ1n) is 5.64. The van der Waals surface area contributed by atoms with Crippen molar-refractivity contribution in [3.8, 4) is 0 Å². The molecule has 0 atom stereocenters. The lowest BCUT2D eigenvalue weighted by Crippen LogP contribution is -2.16. The molecule has 0 spiro atoms. The van der Waals surface area contributed by atoms with Gasteiger partial charge in [-0.05, 0) is 24.0 Å². The van der Waals surface area contributed by atoms with Gasteiger partial charge in [0.25, 0.3) is 0 Å². The van der Waals surface area contributed by atoms with Gasteiger partial charge in [0, 0.05) is 5.69 Å². The summed E-state index contributed by atoms with van der Waals surface area (Å²) in [6, 6.07) is 6.22. The van der Waals surface area contributed by atoms with Gasteiger partial charge in [-0.2, -0.15) is 0 Å². The van der Waals surface area contributed by atoms with E-state index >= 15 is 0 Å². The lowest BCUT2D eigenvalue weighted by Gasteiger charge is -2.14. The van der Waals surface area contributed by atoms with E-state index in [4.69, 9.17) is 0 Å². The van der Waals surface area contributed by atoms with Crippen molar-refractivity contribution in [2.45, 2.75) is 26.7 Å². The van der Waals surface area contributed by atoms with Gasteiger partial charge in [0.15, 0.2) is 0 Å². The maximum atomic E-state index is 11.1. The van der Waals surface area contributed by atoms with Crippen LogP contribution < -0.4 is 5.32 Å². The predicted molar refractivity (Wildman–Crippen MR) is 65.7 cm³/mol. The average Bonchev–Trinajstić information content (AvgIpc) is 2.35. The van der Waals surface area contributed by atoms with Gasteiger partial charge in [-0.3, -0.25) is 4.79 Å². The van der Waals surface area contributed by atoms with Crippen LogP contribution in [-0.2, 0) is 22.4 Å². The number of methoxy groups -OCH3 is 1. The van der Waals surface area contributed by atoms with Crippen LogP contribution in [0.5, 0.6) is 0 Å². The third-order valence-corrected chi connectivity index (χ3v) is 2.64. The van der Waals surface area contributed by atoms with Crippen molar-refractivity contribution in [2.75, 3.05) is 19.0 Å². The third-order valence-electron chi connectivity index (χ3n) is 2.64. The van der Waals surface area contributed by atoms with E-state index in [1.807, 2.05) is 0 Å². The van der Waals surface area contributed by atoms with Gasteiger partial charge in [0.05, 0.1) is 7.11 Å². The van der Waals surface area contributed by atoms with E-state index in [1.165, 1.54) is 18.2 Å². The molecule has 0 aliphatic rings. The molecule has 0 fully saturated rings. The highest BCUT2D eigenvalue weighted by atomic mass is 16.5. The first kappa shape index (κ1) is 12.6. The number of nitrogens with one attached hydrogen (secondary N) is 1. The Hall–Kier alpha value is -1.51. The Labute approximate surface area is 96.8 Å². The Morgan fingerprint density at radius 1 is 1.25 bits per heavy atom. The predicted octanol–water partition coefficient (Wildman–Crippen LogP) is 2.40. The summed E-state index contributed by atoms with van der Waals surface area (Å²) in [4.78, 5) is 11.1. The Morgan fingerprint density at radius 2 is 1.81 bits per heavy atom. The SMILES string of the molecule is CCc1cccc(CC)c1NCC(=O)OC. The monoisotopic (exact) mass is 221 g/mol. The molecule has 88 valence electrons. The molecule has 0 bridgehead atoms. The van der Waals surface area contributed by atoms with Crippen molar-refractivity contribution >= 4 is 11.7 Å². The van der Waals surface area contributed by atoms with Crippen LogP contribution in [0.15, 0.2) is 18.2 Å². The molecule has 0 aromatic heterocycles. The van der Waals surface area contributed by atoms with Crippen molar-refractivity contribution in [3.05, 3.63) is 29.3 Å². The highest BCUT2D eigenvalue weighted by Gasteiger charge is 2.07. The van der Waals surface area contributed by atoms with E-state index in [-0.39, 0.29) is 12.5 Å². The van der Waals surface area contributed by atoms with Crippen molar-refractivity contribution in [3.63, 3.8) is 0 Å². The summed E-state index contributed by atoms with van der Waals surface area (Å²) >= 11 is 0. The number of benzene rings is 1. The number of rotatable bonds is 5. The molecule has 1 N–H and O–H groups in total. The highest BCUT2D eigenvalue weighted by molar-refractivity contribution is 5.76. The fourth-order valence-corrected chi connectivity index (χ4v) is 1.70. The Bertz CT molecular complexity index is 339. The number of esters is 1. The summed E-state index contributed by atoms with van der Waals surface area (Å²) in [5.41, 5.74) is 3.56. The standard InChI is InChI=1S/C13H19NO2/c1-4-10-7-6-8-11(5-2)13(10)14-9-12(15)16-3/h6-8,14H,4-5,9H2,1-3H3. The molecule has 3 heteroatoms. The zero-order valence-corrected chi connectivity index (χ0v) is 10.2. The van der Waals surface area contributed by atoms with Crippen LogP contribution in [0.25, 0.3) is 0 Å². The molecular weight excluding hydrogens is 202 g/mol. The summed E-state index contributed by atoms with van der Waals surface area (Å²) in [7, 11) is 1.40. The van der Waals surface area contributed by atoms with Gasteiger partial charge in [-0.25, -0.2) is 0 Å². The molecule has 1 aromatic rings. The molecule has 0 radical (unpaired) electrons. The number of anilines is 1. The second kappa shape index (κ2) is 6.16. The molecule has 0 unspecified atom stereocenters. The Balaban J connectivity index is 2.86. The smallest absolute Gasteiger partial charge is 0.325 e. The lowest BCUT2D eigenvalue weighted by molar-refractivity contribution is -0.138. The molecule has 0 aliphatic carbocycles. The first-order chi connectivity index (χ1) is 7.72. The fourth-order valence-electron chi connectivity index (χ4n) is 1.70. The summed E-state index contributed by atoms with van der Waals surface area (Å²) in [6.45, 7) is 4.44. The van der Waals surface area contributed by atoms with E-state index in [0.717, 1.165) is 18.5 Å². The molecule has 0 amide bonds. The number of carbonyl (C=O) groups is 1. The minimum atomic E-state index is -0.243. The van der Waals surface area contributed by atoms with Gasteiger partial charge >= 0.3 is 5.97 Å². The van der Waals surface area contributed by atoms with Crippen LogP contribution in [0, 0.1) is 0 Å². The van der Waals surface area contributed by atoms with Gasteiger partial charge in [-0.1, -0.05) is 32.0 Å². The van der Waals surface area contributed by atoms with Crippen LogP contribution in [0.2, 0.25) is 0 Å². The summed E-state index contributed by atoms with van der Waals surface area (Å²) < 4.78 is 4.62. The molecule has 16 heavy (non-hydrogen) atoms. The van der Waals surface area contributed by atoms with Crippen molar-refractivity contribution < 1.29 is 9.53 Å². The maximum absolute atomic E-state index is 11.1. The fraction of sp³-hybridized carbons (Fsp3) is 0.462. The molecule has 3 nitrogen and oxygen atoms in total. The lowest BCUT2D eigenvalue weighted by atomic mass is 10.0. The topological polar surface area (TPSA) is 38.3 Å². The second-order valence-electron chi connectivity index (χ2n) is 3.59. The first-order valence-corrected chi connectivity index (χ1v) is 5.64. The van der Waals surface area contributed by atoms with Crippen molar-refractivity contribution in [1.29, 1.82) is 0 Å². The number of hydrogen-bond donors (Lipinski definition) is 1. The third kappa shape index (κ3) is 2.99. The number of carbonyl (C=O) groups excluding carboxylic acids is 1. The Morgan fingerprint density at radius 3 is 2.25 bits per heavy atom. The van der Waals surface area contributed by atoms with Crippen LogP contribution in [0.4, 0.5) is 5.69 Å². The van der Waals surface area contributed by atoms with E-state index in [1.54, 1.807) is 0 Å². The van der Waals surface area contributed by atoms with Crippen molar-refractivity contribution in [1.82, 2.24) is 0 Å². The largest absolute Gasteiger partial charge is 0.468 e. The Kier molecular flexibility index (Phi) is 4.83. The van der Waals surface area contributed by atoms with Gasteiger partial charge in [0.1, 0.15) is 6.54 Å². The van der Waals surface area contributed by atoms with Crippen LogP contribution in [0.1, 0.15) is 25.0 Å². The van der Waals surface area contributed by atoms with E-state index in [2.05, 4.69) is 42.1 Å². The summed E-state index contributed by atoms with van der Waals surface area (Å²) in [6.07, 6.45) is 1.91. The minimum Gasteiger partial charge on any atom is -0.468 e. The number of para-hydroxylation sites is 1. The van der Waals surface area contributed by atoms with Crippen molar-refractivity contribution in [2.24, 2.45) is 0 Å². The van der Waals surface area contributed by atoms with Gasteiger partial charge in [0.2, 0.25) is 0 Å². The van der Waals surface area contributed by atoms with Crippen LogP contribution >= 0.6 is 0 Å². The molecular formula is C13H19NO2. The number of hydrogen-bond acceptors (Lipinski definition) is 3. The van der Waals surface area contributed by atoms with E-state index < -0.39 is 0 Å². The normalized spacial score (nSPS) is 9.94. The zero-order valence-electron chi connectivity index (χ0n) is 10.2. The molecule has 0 saturated carbocycles. The van der Waals surface area contributed by atoms with Gasteiger partial charge < -0.3 is 10.1 Å².